The van der Waals surface area contributed by atoms with Gasteiger partial charge in [-0.15, -0.1) is 0 Å². The minimum absolute atomic E-state index is 0.758. The van der Waals surface area contributed by atoms with Gasteiger partial charge in [-0.3, -0.25) is 0 Å². The molecule has 162 valence electrons. The highest BCUT2D eigenvalue weighted by atomic mass is 35.5. The highest BCUT2D eigenvalue weighted by Gasteiger charge is 2.26. The van der Waals surface area contributed by atoms with Gasteiger partial charge in [-0.05, 0) is 80.5 Å². The zero-order valence-electron chi connectivity index (χ0n) is 18.3. The normalized spacial score (nSPS) is 18.6. The zero-order chi connectivity index (χ0) is 22.0. The standard InChI is InChI=1S/C26H24Cl2N4/c1-31-23-12-10-16(28)14-19(23)25-20(6-4-8-24(25)31)29-30-21-7-3-5-17-18-13-15(27)9-11-22(18)32(2)26(17)21/h9-14H,3-8H2,1-2H3/b29-20-,30-21-. The van der Waals surface area contributed by atoms with Crippen molar-refractivity contribution in [2.45, 2.75) is 38.5 Å². The molecule has 4 nitrogen and oxygen atoms in total. The molecule has 0 spiro atoms. The van der Waals surface area contributed by atoms with E-state index in [0.29, 0.717) is 0 Å². The van der Waals surface area contributed by atoms with Crippen LogP contribution in [0.4, 0.5) is 0 Å². The van der Waals surface area contributed by atoms with Crippen LogP contribution in [0.25, 0.3) is 21.8 Å². The number of nitrogens with zero attached hydrogens (tertiary/aromatic N) is 4. The fourth-order valence-electron chi connectivity index (χ4n) is 5.62. The molecule has 4 aromatic rings. The topological polar surface area (TPSA) is 34.6 Å². The predicted molar refractivity (Wildman–Crippen MR) is 135 cm³/mol. The molecular formula is C26H24Cl2N4. The lowest BCUT2D eigenvalue weighted by atomic mass is 9.93. The molecule has 0 saturated carbocycles. The molecule has 2 aliphatic carbocycles. The van der Waals surface area contributed by atoms with Crippen molar-refractivity contribution in [2.24, 2.45) is 24.3 Å². The number of aryl methyl sites for hydroxylation is 3. The van der Waals surface area contributed by atoms with Crippen LogP contribution in [0.1, 0.15) is 48.2 Å². The Morgan fingerprint density at radius 2 is 1.34 bits per heavy atom. The first kappa shape index (κ1) is 20.1. The minimum Gasteiger partial charge on any atom is -0.347 e. The van der Waals surface area contributed by atoms with Crippen LogP contribution >= 0.6 is 23.2 Å². The van der Waals surface area contributed by atoms with E-state index in [4.69, 9.17) is 33.4 Å². The van der Waals surface area contributed by atoms with Crippen LogP contribution in [0.15, 0.2) is 46.6 Å². The summed E-state index contributed by atoms with van der Waals surface area (Å²) in [7, 11) is 4.26. The van der Waals surface area contributed by atoms with E-state index >= 15 is 0 Å². The molecule has 0 saturated heterocycles. The van der Waals surface area contributed by atoms with Crippen molar-refractivity contribution in [3.63, 3.8) is 0 Å². The summed E-state index contributed by atoms with van der Waals surface area (Å²) in [5, 5.41) is 13.7. The summed E-state index contributed by atoms with van der Waals surface area (Å²) in [5.41, 5.74) is 9.64. The van der Waals surface area contributed by atoms with E-state index < -0.39 is 0 Å². The average molecular weight is 463 g/mol. The van der Waals surface area contributed by atoms with Crippen LogP contribution < -0.4 is 0 Å². The molecule has 0 bridgehead atoms. The molecule has 6 rings (SSSR count). The Bertz CT molecular complexity index is 1470. The molecule has 0 atom stereocenters. The van der Waals surface area contributed by atoms with Crippen LogP contribution in [0, 0.1) is 0 Å². The molecule has 2 aromatic carbocycles. The third kappa shape index (κ3) is 2.96. The van der Waals surface area contributed by atoms with Gasteiger partial charge in [0.1, 0.15) is 0 Å². The molecule has 2 aliphatic rings. The highest BCUT2D eigenvalue weighted by molar-refractivity contribution is 6.32. The molecule has 32 heavy (non-hydrogen) atoms. The number of hydrogen-bond donors (Lipinski definition) is 0. The fraction of sp³-hybridized carbons (Fsp3) is 0.308. The zero-order valence-corrected chi connectivity index (χ0v) is 19.8. The minimum atomic E-state index is 0.758. The Morgan fingerprint density at radius 3 is 2.12 bits per heavy atom. The predicted octanol–water partition coefficient (Wildman–Crippen LogP) is 6.84. The maximum absolute atomic E-state index is 6.35. The van der Waals surface area contributed by atoms with Gasteiger partial charge in [0.15, 0.2) is 0 Å². The number of halogens is 2. The molecule has 0 fully saturated rings. The summed E-state index contributed by atoms with van der Waals surface area (Å²) in [6, 6.07) is 12.3. The monoisotopic (exact) mass is 462 g/mol. The van der Waals surface area contributed by atoms with Gasteiger partial charge in [-0.1, -0.05) is 23.2 Å². The average Bonchev–Trinajstić information content (AvgIpc) is 3.24. The van der Waals surface area contributed by atoms with Crippen molar-refractivity contribution in [1.82, 2.24) is 9.13 Å². The second kappa shape index (κ2) is 7.50. The lowest BCUT2D eigenvalue weighted by Crippen LogP contribution is -2.16. The van der Waals surface area contributed by atoms with Gasteiger partial charge in [0, 0.05) is 57.2 Å². The first-order valence-electron chi connectivity index (χ1n) is 11.2. The molecule has 0 amide bonds. The van der Waals surface area contributed by atoms with Crippen LogP contribution in [-0.2, 0) is 26.9 Å². The van der Waals surface area contributed by atoms with Gasteiger partial charge in [0.05, 0.1) is 17.1 Å². The smallest absolute Gasteiger partial charge is 0.0870 e. The summed E-state index contributed by atoms with van der Waals surface area (Å²) in [6.07, 6.45) is 6.16. The Labute approximate surface area is 197 Å². The van der Waals surface area contributed by atoms with Crippen LogP contribution in [-0.4, -0.2) is 20.6 Å². The van der Waals surface area contributed by atoms with E-state index in [1.165, 1.54) is 44.3 Å². The number of rotatable bonds is 1. The molecule has 0 radical (unpaired) electrons. The number of hydrogen-bond acceptors (Lipinski definition) is 2. The van der Waals surface area contributed by atoms with Gasteiger partial charge >= 0.3 is 0 Å². The fourth-order valence-corrected chi connectivity index (χ4v) is 5.96. The Balaban J connectivity index is 1.51. The molecule has 6 heteroatoms. The third-order valence-corrected chi connectivity index (χ3v) is 7.54. The van der Waals surface area contributed by atoms with E-state index in [9.17, 15) is 0 Å². The van der Waals surface area contributed by atoms with E-state index in [-0.39, 0.29) is 0 Å². The van der Waals surface area contributed by atoms with E-state index in [1.54, 1.807) is 0 Å². The summed E-state index contributed by atoms with van der Waals surface area (Å²) in [5.74, 6) is 0. The molecule has 2 aromatic heterocycles. The highest BCUT2D eigenvalue weighted by Crippen LogP contribution is 2.35. The van der Waals surface area contributed by atoms with Crippen LogP contribution in [0.5, 0.6) is 0 Å². The molecular weight excluding hydrogens is 439 g/mol. The third-order valence-electron chi connectivity index (χ3n) is 7.07. The maximum atomic E-state index is 6.35. The van der Waals surface area contributed by atoms with Gasteiger partial charge in [-0.2, -0.15) is 10.2 Å². The lowest BCUT2D eigenvalue weighted by Gasteiger charge is -2.17. The summed E-state index contributed by atoms with van der Waals surface area (Å²) < 4.78 is 4.54. The second-order valence-corrected chi connectivity index (χ2v) is 9.76. The summed E-state index contributed by atoms with van der Waals surface area (Å²) >= 11 is 12.7. The number of fused-ring (bicyclic) bond motifs is 6. The van der Waals surface area contributed by atoms with Crippen molar-refractivity contribution in [1.29, 1.82) is 0 Å². The van der Waals surface area contributed by atoms with E-state index in [2.05, 4.69) is 47.5 Å². The van der Waals surface area contributed by atoms with E-state index in [1.807, 2.05) is 12.1 Å². The van der Waals surface area contributed by atoms with Crippen molar-refractivity contribution in [3.05, 3.63) is 69.0 Å². The maximum Gasteiger partial charge on any atom is 0.0870 e. The Morgan fingerprint density at radius 1 is 0.719 bits per heavy atom. The first-order chi connectivity index (χ1) is 15.5. The SMILES string of the molecule is Cn1c2c(c3cc(Cl)ccc31)/C(=N\N=C1\CCCc3c1n(C)c1ccc(Cl)cc31)CCC2. The molecule has 0 aliphatic heterocycles. The van der Waals surface area contributed by atoms with Crippen molar-refractivity contribution in [3.8, 4) is 0 Å². The number of benzene rings is 2. The molecule has 0 unspecified atom stereocenters. The quantitative estimate of drug-likeness (QED) is 0.277. The van der Waals surface area contributed by atoms with Crippen molar-refractivity contribution >= 4 is 56.4 Å². The first-order valence-corrected chi connectivity index (χ1v) is 12.0. The summed E-state index contributed by atoms with van der Waals surface area (Å²) in [4.78, 5) is 0. The van der Waals surface area contributed by atoms with Gasteiger partial charge in [-0.25, -0.2) is 0 Å². The van der Waals surface area contributed by atoms with Gasteiger partial charge in [0.25, 0.3) is 0 Å². The Hall–Kier alpha value is -2.56. The van der Waals surface area contributed by atoms with E-state index in [0.717, 1.165) is 60.0 Å². The lowest BCUT2D eigenvalue weighted by molar-refractivity contribution is 0.758. The molecule has 0 N–H and O–H groups in total. The summed E-state index contributed by atoms with van der Waals surface area (Å²) in [6.45, 7) is 0. The van der Waals surface area contributed by atoms with Gasteiger partial charge in [0.2, 0.25) is 0 Å². The van der Waals surface area contributed by atoms with Crippen LogP contribution in [0.3, 0.4) is 0 Å². The van der Waals surface area contributed by atoms with Gasteiger partial charge < -0.3 is 9.13 Å². The number of aromatic nitrogens is 2. The van der Waals surface area contributed by atoms with Crippen molar-refractivity contribution < 1.29 is 0 Å². The Kier molecular flexibility index (Phi) is 4.70. The van der Waals surface area contributed by atoms with Crippen LogP contribution in [0.2, 0.25) is 10.0 Å². The largest absolute Gasteiger partial charge is 0.347 e. The second-order valence-electron chi connectivity index (χ2n) is 8.89. The molecule has 2 heterocycles. The van der Waals surface area contributed by atoms with Crippen molar-refractivity contribution in [2.75, 3.05) is 0 Å².